The van der Waals surface area contributed by atoms with E-state index in [1.807, 2.05) is 0 Å². The molecular weight excluding hydrogens is 258 g/mol. The Hall–Kier alpha value is -1.62. The van der Waals surface area contributed by atoms with Crippen LogP contribution in [-0.2, 0) is 21.8 Å². The summed E-state index contributed by atoms with van der Waals surface area (Å²) in [6.45, 7) is 3.75. The van der Waals surface area contributed by atoms with E-state index >= 15 is 0 Å². The first-order valence-electron chi connectivity index (χ1n) is 5.48. The SMILES string of the molecule is CCOC(=O)Cc1cc(C)c(CCl)cc1[N+](=O)[O-]. The highest BCUT2D eigenvalue weighted by Crippen LogP contribution is 2.25. The van der Waals surface area contributed by atoms with Crippen molar-refractivity contribution in [2.75, 3.05) is 6.61 Å². The summed E-state index contributed by atoms with van der Waals surface area (Å²) < 4.78 is 4.79. The molecule has 0 radical (unpaired) electrons. The second kappa shape index (κ2) is 6.35. The van der Waals surface area contributed by atoms with Crippen LogP contribution in [0.5, 0.6) is 0 Å². The lowest BCUT2D eigenvalue weighted by atomic mass is 10.0. The highest BCUT2D eigenvalue weighted by atomic mass is 35.5. The van der Waals surface area contributed by atoms with Crippen LogP contribution in [0.15, 0.2) is 12.1 Å². The Bertz CT molecular complexity index is 473. The molecule has 1 aromatic rings. The number of benzene rings is 1. The molecule has 0 aliphatic rings. The number of hydrogen-bond donors (Lipinski definition) is 0. The average molecular weight is 272 g/mol. The smallest absolute Gasteiger partial charge is 0.310 e. The van der Waals surface area contributed by atoms with Crippen LogP contribution < -0.4 is 0 Å². The van der Waals surface area contributed by atoms with Crippen LogP contribution in [0, 0.1) is 17.0 Å². The van der Waals surface area contributed by atoms with Crippen molar-refractivity contribution in [3.8, 4) is 0 Å². The van der Waals surface area contributed by atoms with Crippen molar-refractivity contribution in [2.45, 2.75) is 26.1 Å². The minimum atomic E-state index is -0.510. The van der Waals surface area contributed by atoms with E-state index in [9.17, 15) is 14.9 Å². The molecule has 0 unspecified atom stereocenters. The van der Waals surface area contributed by atoms with Crippen LogP contribution in [0.1, 0.15) is 23.6 Å². The van der Waals surface area contributed by atoms with Gasteiger partial charge in [-0.1, -0.05) is 0 Å². The molecule has 0 heterocycles. The maximum absolute atomic E-state index is 11.4. The Morgan fingerprint density at radius 3 is 2.61 bits per heavy atom. The van der Waals surface area contributed by atoms with E-state index in [2.05, 4.69) is 0 Å². The summed E-state index contributed by atoms with van der Waals surface area (Å²) in [5.74, 6) is -0.273. The minimum Gasteiger partial charge on any atom is -0.466 e. The van der Waals surface area contributed by atoms with Crippen molar-refractivity contribution < 1.29 is 14.5 Å². The van der Waals surface area contributed by atoms with Gasteiger partial charge in [-0.3, -0.25) is 14.9 Å². The molecule has 5 nitrogen and oxygen atoms in total. The van der Waals surface area contributed by atoms with Gasteiger partial charge in [0.1, 0.15) is 0 Å². The molecule has 1 rings (SSSR count). The molecule has 0 aliphatic carbocycles. The molecule has 0 N–H and O–H groups in total. The average Bonchev–Trinajstić information content (AvgIpc) is 2.29. The normalized spacial score (nSPS) is 10.2. The number of esters is 1. The van der Waals surface area contributed by atoms with Crippen LogP contribution in [0.4, 0.5) is 5.69 Å². The molecule has 0 bridgehead atoms. The van der Waals surface area contributed by atoms with Crippen molar-refractivity contribution in [3.63, 3.8) is 0 Å². The maximum atomic E-state index is 11.4. The van der Waals surface area contributed by atoms with Gasteiger partial charge in [0.2, 0.25) is 0 Å². The fraction of sp³-hybridized carbons (Fsp3) is 0.417. The molecule has 6 heteroatoms. The summed E-state index contributed by atoms with van der Waals surface area (Å²) in [6.07, 6.45) is -0.104. The van der Waals surface area contributed by atoms with E-state index in [0.717, 1.165) is 5.56 Å². The van der Waals surface area contributed by atoms with E-state index in [-0.39, 0.29) is 24.6 Å². The number of alkyl halides is 1. The van der Waals surface area contributed by atoms with Crippen LogP contribution >= 0.6 is 11.6 Å². The Labute approximate surface area is 110 Å². The van der Waals surface area contributed by atoms with Gasteiger partial charge in [-0.25, -0.2) is 0 Å². The Balaban J connectivity index is 3.13. The zero-order valence-electron chi connectivity index (χ0n) is 10.2. The molecule has 0 saturated heterocycles. The number of nitrogens with zero attached hydrogens (tertiary/aromatic N) is 1. The first-order valence-corrected chi connectivity index (χ1v) is 6.01. The standard InChI is InChI=1S/C12H14ClNO4/c1-3-18-12(15)6-9-4-8(2)10(7-13)5-11(9)14(16)17/h4-5H,3,6-7H2,1-2H3. The number of hydrogen-bond acceptors (Lipinski definition) is 4. The van der Waals surface area contributed by atoms with Gasteiger partial charge in [0.15, 0.2) is 0 Å². The largest absolute Gasteiger partial charge is 0.466 e. The van der Waals surface area contributed by atoms with Crippen LogP contribution in [-0.4, -0.2) is 17.5 Å². The molecule has 98 valence electrons. The molecule has 1 aromatic carbocycles. The number of nitro benzene ring substituents is 1. The van der Waals surface area contributed by atoms with Gasteiger partial charge >= 0.3 is 5.97 Å². The summed E-state index contributed by atoms with van der Waals surface area (Å²) in [4.78, 5) is 21.8. The fourth-order valence-corrected chi connectivity index (χ4v) is 1.91. The summed E-state index contributed by atoms with van der Waals surface area (Å²) in [6, 6.07) is 3.03. The van der Waals surface area contributed by atoms with Gasteiger partial charge in [-0.2, -0.15) is 0 Å². The summed E-state index contributed by atoms with van der Waals surface area (Å²) in [5.41, 5.74) is 1.78. The predicted octanol–water partition coefficient (Wildman–Crippen LogP) is 2.75. The van der Waals surface area contributed by atoms with E-state index in [1.165, 1.54) is 6.07 Å². The highest BCUT2D eigenvalue weighted by molar-refractivity contribution is 6.17. The lowest BCUT2D eigenvalue weighted by molar-refractivity contribution is -0.385. The van der Waals surface area contributed by atoms with Gasteiger partial charge < -0.3 is 4.74 Å². The number of carbonyl (C=O) groups is 1. The number of rotatable bonds is 5. The summed E-state index contributed by atoms with van der Waals surface area (Å²) in [5, 5.41) is 11.0. The first kappa shape index (κ1) is 14.4. The molecule has 18 heavy (non-hydrogen) atoms. The lowest BCUT2D eigenvalue weighted by Gasteiger charge is -2.07. The number of halogens is 1. The number of carbonyl (C=O) groups excluding carboxylic acids is 1. The topological polar surface area (TPSA) is 69.4 Å². The van der Waals surface area contributed by atoms with E-state index in [0.29, 0.717) is 11.1 Å². The quantitative estimate of drug-likeness (QED) is 0.357. The molecule has 0 amide bonds. The Morgan fingerprint density at radius 1 is 1.44 bits per heavy atom. The predicted molar refractivity (Wildman–Crippen MR) is 67.7 cm³/mol. The molecule has 0 fully saturated rings. The molecule has 0 aromatic heterocycles. The van der Waals surface area contributed by atoms with Gasteiger partial charge in [-0.15, -0.1) is 11.6 Å². The third-order valence-electron chi connectivity index (χ3n) is 2.52. The summed E-state index contributed by atoms with van der Waals surface area (Å²) in [7, 11) is 0. The van der Waals surface area contributed by atoms with Gasteiger partial charge in [0.25, 0.3) is 5.69 Å². The number of ether oxygens (including phenoxy) is 1. The first-order chi connectivity index (χ1) is 8.49. The minimum absolute atomic E-state index is 0.0932. The van der Waals surface area contributed by atoms with Gasteiger partial charge in [0.05, 0.1) is 18.0 Å². The fourth-order valence-electron chi connectivity index (χ4n) is 1.62. The lowest BCUT2D eigenvalue weighted by Crippen LogP contribution is -2.10. The van der Waals surface area contributed by atoms with Crippen LogP contribution in [0.2, 0.25) is 0 Å². The van der Waals surface area contributed by atoms with Crippen molar-refractivity contribution in [3.05, 3.63) is 38.9 Å². The highest BCUT2D eigenvalue weighted by Gasteiger charge is 2.19. The maximum Gasteiger partial charge on any atom is 0.310 e. The second-order valence-corrected chi connectivity index (χ2v) is 4.05. The molecular formula is C12H14ClNO4. The number of aryl methyl sites for hydroxylation is 1. The van der Waals surface area contributed by atoms with Crippen molar-refractivity contribution >= 4 is 23.3 Å². The number of nitro groups is 1. The third-order valence-corrected chi connectivity index (χ3v) is 2.81. The van der Waals surface area contributed by atoms with E-state index < -0.39 is 10.9 Å². The zero-order chi connectivity index (χ0) is 13.7. The van der Waals surface area contributed by atoms with E-state index in [4.69, 9.17) is 16.3 Å². The van der Waals surface area contributed by atoms with Crippen molar-refractivity contribution in [2.24, 2.45) is 0 Å². The molecule has 0 spiro atoms. The van der Waals surface area contributed by atoms with Gasteiger partial charge in [-0.05, 0) is 31.0 Å². The van der Waals surface area contributed by atoms with Crippen LogP contribution in [0.3, 0.4) is 0 Å². The third kappa shape index (κ3) is 3.43. The molecule has 0 atom stereocenters. The van der Waals surface area contributed by atoms with Crippen molar-refractivity contribution in [1.29, 1.82) is 0 Å². The van der Waals surface area contributed by atoms with Crippen LogP contribution in [0.25, 0.3) is 0 Å². The molecule has 0 aliphatic heterocycles. The van der Waals surface area contributed by atoms with Gasteiger partial charge in [0, 0.05) is 17.5 Å². The summed E-state index contributed by atoms with van der Waals surface area (Å²) >= 11 is 5.70. The Morgan fingerprint density at radius 2 is 2.11 bits per heavy atom. The van der Waals surface area contributed by atoms with Crippen molar-refractivity contribution in [1.82, 2.24) is 0 Å². The Kier molecular flexibility index (Phi) is 5.09. The van der Waals surface area contributed by atoms with E-state index in [1.54, 1.807) is 19.9 Å². The monoisotopic (exact) mass is 271 g/mol. The zero-order valence-corrected chi connectivity index (χ0v) is 11.0. The second-order valence-electron chi connectivity index (χ2n) is 3.78. The molecule has 0 saturated carbocycles.